The maximum absolute atomic E-state index is 13.8. The number of carbonyl (C=O) groups is 2. The summed E-state index contributed by atoms with van der Waals surface area (Å²) in [5, 5.41) is 11.4. The van der Waals surface area contributed by atoms with Crippen molar-refractivity contribution >= 4 is 23.5 Å². The summed E-state index contributed by atoms with van der Waals surface area (Å²) < 4.78 is 54.4. The van der Waals surface area contributed by atoms with Crippen LogP contribution >= 0.6 is 0 Å². The van der Waals surface area contributed by atoms with Crippen molar-refractivity contribution in [2.75, 3.05) is 4.90 Å². The average molecular weight is 448 g/mol. The average Bonchev–Trinajstić information content (AvgIpc) is 2.72. The van der Waals surface area contributed by atoms with Gasteiger partial charge < -0.3 is 10.4 Å². The number of benzene rings is 2. The van der Waals surface area contributed by atoms with Gasteiger partial charge in [0.1, 0.15) is 11.5 Å². The van der Waals surface area contributed by atoms with Crippen molar-refractivity contribution in [3.05, 3.63) is 83.4 Å². The Morgan fingerprint density at radius 2 is 1.75 bits per heavy atom. The minimum absolute atomic E-state index is 0.0126. The molecule has 2 aromatic carbocycles. The van der Waals surface area contributed by atoms with Crippen LogP contribution in [0.25, 0.3) is 0 Å². The van der Waals surface area contributed by atoms with Gasteiger partial charge in [-0.25, -0.2) is 19.3 Å². The van der Waals surface area contributed by atoms with Gasteiger partial charge in [-0.05, 0) is 41.5 Å². The molecule has 11 heteroatoms. The number of anilines is 2. The van der Waals surface area contributed by atoms with Crippen molar-refractivity contribution in [3.8, 4) is 0 Å². The molecule has 0 saturated heterocycles. The maximum atomic E-state index is 13.8. The van der Waals surface area contributed by atoms with Gasteiger partial charge in [0.05, 0.1) is 12.1 Å². The van der Waals surface area contributed by atoms with E-state index in [1.807, 2.05) is 0 Å². The number of nitrogens with one attached hydrogen (secondary N) is 1. The van der Waals surface area contributed by atoms with Crippen LogP contribution in [0.4, 0.5) is 29.2 Å². The summed E-state index contributed by atoms with van der Waals surface area (Å²) >= 11 is 0. The number of alkyl halides is 3. The summed E-state index contributed by atoms with van der Waals surface area (Å²) in [5.74, 6) is -3.20. The van der Waals surface area contributed by atoms with Crippen molar-refractivity contribution in [1.82, 2.24) is 15.3 Å². The summed E-state index contributed by atoms with van der Waals surface area (Å²) in [4.78, 5) is 30.5. The van der Waals surface area contributed by atoms with Crippen LogP contribution in [0.3, 0.4) is 0 Å². The zero-order valence-corrected chi connectivity index (χ0v) is 16.3. The molecule has 0 radical (unpaired) electrons. The third-order valence-corrected chi connectivity index (χ3v) is 4.22. The smallest absolute Gasteiger partial charge is 0.481 e. The summed E-state index contributed by atoms with van der Waals surface area (Å²) in [6.45, 7) is 0.0126. The van der Waals surface area contributed by atoms with Gasteiger partial charge in [0.2, 0.25) is 5.95 Å². The van der Waals surface area contributed by atoms with E-state index in [4.69, 9.17) is 5.11 Å². The Morgan fingerprint density at radius 1 is 1.03 bits per heavy atom. The van der Waals surface area contributed by atoms with Crippen molar-refractivity contribution in [3.63, 3.8) is 0 Å². The highest BCUT2D eigenvalue weighted by Gasteiger charge is 2.41. The highest BCUT2D eigenvalue weighted by Crippen LogP contribution is 2.34. The van der Waals surface area contributed by atoms with Gasteiger partial charge in [-0.3, -0.25) is 9.59 Å². The maximum Gasteiger partial charge on any atom is 0.491 e. The highest BCUT2D eigenvalue weighted by atomic mass is 19.4. The molecule has 0 saturated carbocycles. The number of amides is 1. The van der Waals surface area contributed by atoms with Gasteiger partial charge in [0.15, 0.2) is 0 Å². The van der Waals surface area contributed by atoms with Crippen LogP contribution in [0.15, 0.2) is 60.8 Å². The first-order valence-electron chi connectivity index (χ1n) is 9.17. The molecule has 166 valence electrons. The quantitative estimate of drug-likeness (QED) is 0.421. The minimum atomic E-state index is -4.95. The minimum Gasteiger partial charge on any atom is -0.481 e. The van der Waals surface area contributed by atoms with Crippen LogP contribution in [0.1, 0.15) is 21.6 Å². The number of carboxylic acids is 1. The Labute approximate surface area is 179 Å². The number of aliphatic carboxylic acids is 1. The topological polar surface area (TPSA) is 95.4 Å². The number of nitrogens with zero attached hydrogens (tertiary/aromatic N) is 3. The van der Waals surface area contributed by atoms with Gasteiger partial charge in [-0.2, -0.15) is 0 Å². The lowest BCUT2D eigenvalue weighted by atomic mass is 10.1. The molecule has 1 aromatic heterocycles. The van der Waals surface area contributed by atoms with E-state index in [1.54, 1.807) is 0 Å². The van der Waals surface area contributed by atoms with Crippen LogP contribution in [-0.4, -0.2) is 33.3 Å². The molecule has 2 N–H and O–H groups in total. The zero-order valence-electron chi connectivity index (χ0n) is 16.3. The van der Waals surface area contributed by atoms with E-state index in [9.17, 15) is 27.2 Å². The molecule has 3 aromatic rings. The Morgan fingerprint density at radius 3 is 2.41 bits per heavy atom. The molecule has 32 heavy (non-hydrogen) atoms. The third kappa shape index (κ3) is 5.78. The van der Waals surface area contributed by atoms with Gasteiger partial charge in [0, 0.05) is 12.7 Å². The second kappa shape index (κ2) is 9.41. The predicted molar refractivity (Wildman–Crippen MR) is 106 cm³/mol. The summed E-state index contributed by atoms with van der Waals surface area (Å²) in [6.07, 6.45) is -4.41. The van der Waals surface area contributed by atoms with Gasteiger partial charge in [-0.1, -0.05) is 24.3 Å². The number of carboxylic acid groups (broad SMARTS) is 1. The first kappa shape index (κ1) is 22.7. The number of halogens is 4. The Balaban J connectivity index is 1.86. The van der Waals surface area contributed by atoms with E-state index < -0.39 is 42.1 Å². The van der Waals surface area contributed by atoms with Crippen LogP contribution in [0.2, 0.25) is 0 Å². The van der Waals surface area contributed by atoms with Crippen LogP contribution in [0.5, 0.6) is 0 Å². The van der Waals surface area contributed by atoms with Gasteiger partial charge in [0.25, 0.3) is 5.91 Å². The van der Waals surface area contributed by atoms with Gasteiger partial charge in [-0.15, -0.1) is 13.2 Å². The molecular weight excluding hydrogens is 432 g/mol. The van der Waals surface area contributed by atoms with E-state index in [1.165, 1.54) is 36.4 Å². The van der Waals surface area contributed by atoms with E-state index in [2.05, 4.69) is 15.3 Å². The standard InChI is InChI=1S/C21H16F4N4O3/c22-15-6-4-13(5-7-15)12-27-19(32)17-8-9-26-20(28-17)29(21(23,24)25)16-3-1-2-14(10-16)11-18(30)31/h1-10H,11-12H2,(H,27,32)(H,30,31). The fraction of sp³-hybridized carbons (Fsp3) is 0.143. The van der Waals surface area contributed by atoms with E-state index in [-0.39, 0.29) is 22.7 Å². The van der Waals surface area contributed by atoms with Crippen molar-refractivity contribution in [1.29, 1.82) is 0 Å². The molecule has 1 heterocycles. The molecule has 0 bridgehead atoms. The first-order valence-corrected chi connectivity index (χ1v) is 9.17. The highest BCUT2D eigenvalue weighted by molar-refractivity contribution is 5.92. The number of carbonyl (C=O) groups excluding carboxylic acids is 1. The fourth-order valence-corrected chi connectivity index (χ4v) is 2.81. The number of hydrogen-bond donors (Lipinski definition) is 2. The Hall–Kier alpha value is -4.02. The lowest BCUT2D eigenvalue weighted by Crippen LogP contribution is -2.35. The molecule has 0 aliphatic carbocycles. The molecule has 0 spiro atoms. The van der Waals surface area contributed by atoms with Gasteiger partial charge >= 0.3 is 12.3 Å². The summed E-state index contributed by atoms with van der Waals surface area (Å²) in [7, 11) is 0. The second-order valence-corrected chi connectivity index (χ2v) is 6.59. The van der Waals surface area contributed by atoms with Crippen molar-refractivity contribution < 1.29 is 32.3 Å². The van der Waals surface area contributed by atoms with Crippen LogP contribution in [0, 0.1) is 5.82 Å². The third-order valence-electron chi connectivity index (χ3n) is 4.22. The lowest BCUT2D eigenvalue weighted by molar-refractivity contribution is -0.136. The molecule has 0 aliphatic rings. The van der Waals surface area contributed by atoms with Crippen molar-refractivity contribution in [2.24, 2.45) is 0 Å². The molecule has 0 atom stereocenters. The summed E-state index contributed by atoms with van der Waals surface area (Å²) in [5.41, 5.74) is 0.0202. The van der Waals surface area contributed by atoms with Crippen LogP contribution < -0.4 is 10.2 Å². The normalized spacial score (nSPS) is 11.1. The molecule has 7 nitrogen and oxygen atoms in total. The predicted octanol–water partition coefficient (Wildman–Crippen LogP) is 3.83. The number of aromatic nitrogens is 2. The molecule has 1 amide bonds. The Bertz CT molecular complexity index is 1120. The number of rotatable bonds is 7. The summed E-state index contributed by atoms with van der Waals surface area (Å²) in [6, 6.07) is 11.3. The molecule has 0 aliphatic heterocycles. The Kier molecular flexibility index (Phi) is 6.67. The largest absolute Gasteiger partial charge is 0.491 e. The fourth-order valence-electron chi connectivity index (χ4n) is 2.81. The zero-order chi connectivity index (χ0) is 23.3. The SMILES string of the molecule is O=C(O)Cc1cccc(N(c2nccc(C(=O)NCc3ccc(F)cc3)n2)C(F)(F)F)c1. The molecular formula is C21H16F4N4O3. The van der Waals surface area contributed by atoms with E-state index in [0.717, 1.165) is 24.4 Å². The second-order valence-electron chi connectivity index (χ2n) is 6.59. The molecule has 3 rings (SSSR count). The number of hydrogen-bond acceptors (Lipinski definition) is 5. The van der Waals surface area contributed by atoms with E-state index >= 15 is 0 Å². The molecule has 0 unspecified atom stereocenters. The first-order chi connectivity index (χ1) is 15.1. The van der Waals surface area contributed by atoms with Crippen molar-refractivity contribution in [2.45, 2.75) is 19.3 Å². The monoisotopic (exact) mass is 448 g/mol. The lowest BCUT2D eigenvalue weighted by Gasteiger charge is -2.25. The van der Waals surface area contributed by atoms with Crippen LogP contribution in [-0.2, 0) is 17.8 Å². The van der Waals surface area contributed by atoms with E-state index in [0.29, 0.717) is 5.56 Å². The molecule has 0 fully saturated rings.